The highest BCUT2D eigenvalue weighted by atomic mass is 16.6. The number of nitro groups is 2. The molecule has 0 saturated carbocycles. The average molecular weight is 283 g/mol. The predicted octanol–water partition coefficient (Wildman–Crippen LogP) is 1.27. The number of non-ortho nitro benzene ring substituents is 2. The topological polar surface area (TPSA) is 125 Å². The van der Waals surface area contributed by atoms with E-state index in [4.69, 9.17) is 4.74 Å². The summed E-state index contributed by atoms with van der Waals surface area (Å²) in [5, 5.41) is 23.9. The lowest BCUT2D eigenvalue weighted by Gasteiger charge is -2.05. The van der Waals surface area contributed by atoms with Crippen molar-refractivity contribution in [2.24, 2.45) is 0 Å². The number of amides is 1. The van der Waals surface area contributed by atoms with Gasteiger partial charge in [0.1, 0.15) is 0 Å². The first-order valence-electron chi connectivity index (χ1n) is 5.66. The first-order valence-corrected chi connectivity index (χ1v) is 5.66. The largest absolute Gasteiger partial charge is 0.385 e. The molecule has 1 aromatic rings. The van der Waals surface area contributed by atoms with Crippen LogP contribution in [0.25, 0.3) is 0 Å². The van der Waals surface area contributed by atoms with E-state index in [1.54, 1.807) is 0 Å². The van der Waals surface area contributed by atoms with E-state index in [0.717, 1.165) is 18.2 Å². The number of carbonyl (C=O) groups is 1. The first-order chi connectivity index (χ1) is 9.45. The van der Waals surface area contributed by atoms with Gasteiger partial charge < -0.3 is 10.1 Å². The second-order valence-electron chi connectivity index (χ2n) is 3.85. The molecule has 0 fully saturated rings. The van der Waals surface area contributed by atoms with Crippen molar-refractivity contribution in [3.63, 3.8) is 0 Å². The summed E-state index contributed by atoms with van der Waals surface area (Å²) in [5.41, 5.74) is -1.12. The summed E-state index contributed by atoms with van der Waals surface area (Å²) in [6.07, 6.45) is 0.569. The molecule has 0 spiro atoms. The highest BCUT2D eigenvalue weighted by Crippen LogP contribution is 2.22. The van der Waals surface area contributed by atoms with Crippen molar-refractivity contribution < 1.29 is 19.4 Å². The minimum atomic E-state index is -0.783. The zero-order valence-electron chi connectivity index (χ0n) is 10.7. The molecule has 1 N–H and O–H groups in total. The van der Waals surface area contributed by atoms with Crippen molar-refractivity contribution in [1.82, 2.24) is 5.32 Å². The molecule has 9 nitrogen and oxygen atoms in total. The van der Waals surface area contributed by atoms with Crippen molar-refractivity contribution >= 4 is 17.3 Å². The molecule has 0 saturated heterocycles. The van der Waals surface area contributed by atoms with Crippen molar-refractivity contribution in [1.29, 1.82) is 0 Å². The van der Waals surface area contributed by atoms with Crippen LogP contribution in [-0.4, -0.2) is 36.0 Å². The Morgan fingerprint density at radius 1 is 1.20 bits per heavy atom. The van der Waals surface area contributed by atoms with Gasteiger partial charge in [0.25, 0.3) is 17.3 Å². The minimum absolute atomic E-state index is 0.122. The van der Waals surface area contributed by atoms with Crippen LogP contribution in [-0.2, 0) is 4.74 Å². The van der Waals surface area contributed by atoms with E-state index >= 15 is 0 Å². The number of nitro benzene ring substituents is 2. The highest BCUT2D eigenvalue weighted by molar-refractivity contribution is 5.95. The zero-order valence-corrected chi connectivity index (χ0v) is 10.7. The van der Waals surface area contributed by atoms with Crippen molar-refractivity contribution in [2.75, 3.05) is 20.3 Å². The van der Waals surface area contributed by atoms with Gasteiger partial charge in [-0.2, -0.15) is 0 Å². The van der Waals surface area contributed by atoms with Gasteiger partial charge in [-0.15, -0.1) is 0 Å². The highest BCUT2D eigenvalue weighted by Gasteiger charge is 2.19. The number of nitrogens with zero attached hydrogens (tertiary/aromatic N) is 2. The fourth-order valence-electron chi connectivity index (χ4n) is 1.46. The molecular weight excluding hydrogens is 270 g/mol. The van der Waals surface area contributed by atoms with Crippen LogP contribution in [0.15, 0.2) is 18.2 Å². The Hall–Kier alpha value is -2.55. The van der Waals surface area contributed by atoms with Crippen molar-refractivity contribution in [3.05, 3.63) is 44.0 Å². The number of hydrogen-bond acceptors (Lipinski definition) is 6. The SMILES string of the molecule is COCCCNC(=O)c1cc([N+](=O)[O-])cc([N+](=O)[O-])c1. The second-order valence-corrected chi connectivity index (χ2v) is 3.85. The molecule has 0 heterocycles. The molecule has 108 valence electrons. The number of nitrogens with one attached hydrogen (secondary N) is 1. The van der Waals surface area contributed by atoms with Crippen LogP contribution in [0.1, 0.15) is 16.8 Å². The third-order valence-electron chi connectivity index (χ3n) is 2.40. The summed E-state index contributed by atoms with van der Waals surface area (Å²) >= 11 is 0. The lowest BCUT2D eigenvalue weighted by Crippen LogP contribution is -2.25. The van der Waals surface area contributed by atoms with E-state index in [-0.39, 0.29) is 5.56 Å². The van der Waals surface area contributed by atoms with E-state index in [2.05, 4.69) is 5.32 Å². The van der Waals surface area contributed by atoms with Crippen molar-refractivity contribution in [2.45, 2.75) is 6.42 Å². The van der Waals surface area contributed by atoms with Crippen LogP contribution >= 0.6 is 0 Å². The Kier molecular flexibility index (Phi) is 5.54. The Balaban J connectivity index is 2.90. The molecule has 0 atom stereocenters. The standard InChI is InChI=1S/C11H13N3O6/c1-20-4-2-3-12-11(15)8-5-9(13(16)17)7-10(6-8)14(18)19/h5-7H,2-4H2,1H3,(H,12,15). The molecule has 9 heteroatoms. The molecule has 0 bridgehead atoms. The van der Waals surface area contributed by atoms with E-state index in [0.29, 0.717) is 19.6 Å². The summed E-state index contributed by atoms with van der Waals surface area (Å²) in [5.74, 6) is -0.604. The Bertz CT molecular complexity index is 499. The third-order valence-corrected chi connectivity index (χ3v) is 2.40. The van der Waals surface area contributed by atoms with E-state index < -0.39 is 27.1 Å². The van der Waals surface area contributed by atoms with Crippen LogP contribution < -0.4 is 5.32 Å². The van der Waals surface area contributed by atoms with Crippen LogP contribution in [0, 0.1) is 20.2 Å². The number of carbonyl (C=O) groups excluding carboxylic acids is 1. The normalized spacial score (nSPS) is 10.1. The summed E-state index contributed by atoms with van der Waals surface area (Å²) in [7, 11) is 1.52. The van der Waals surface area contributed by atoms with E-state index in [1.165, 1.54) is 7.11 Å². The monoisotopic (exact) mass is 283 g/mol. The Morgan fingerprint density at radius 3 is 2.20 bits per heavy atom. The van der Waals surface area contributed by atoms with Gasteiger partial charge in [-0.1, -0.05) is 0 Å². The number of benzene rings is 1. The molecule has 0 aromatic heterocycles. The van der Waals surface area contributed by atoms with Crippen LogP contribution in [0.5, 0.6) is 0 Å². The fraction of sp³-hybridized carbons (Fsp3) is 0.364. The van der Waals surface area contributed by atoms with Gasteiger partial charge in [0.2, 0.25) is 0 Å². The smallest absolute Gasteiger partial charge is 0.277 e. The lowest BCUT2D eigenvalue weighted by atomic mass is 10.1. The first kappa shape index (κ1) is 15.5. The van der Waals surface area contributed by atoms with Gasteiger partial charge in [0.15, 0.2) is 0 Å². The van der Waals surface area contributed by atoms with Gasteiger partial charge in [-0.05, 0) is 6.42 Å². The molecular formula is C11H13N3O6. The summed E-state index contributed by atoms with van der Waals surface area (Å²) in [6.45, 7) is 0.762. The number of rotatable bonds is 7. The molecule has 1 aromatic carbocycles. The van der Waals surface area contributed by atoms with Crippen molar-refractivity contribution in [3.8, 4) is 0 Å². The maximum atomic E-state index is 11.8. The number of ether oxygens (including phenoxy) is 1. The summed E-state index contributed by atoms with van der Waals surface area (Å²) in [6, 6.07) is 2.80. The average Bonchev–Trinajstić information content (AvgIpc) is 2.42. The number of hydrogen-bond donors (Lipinski definition) is 1. The van der Waals surface area contributed by atoms with Crippen LogP contribution in [0.3, 0.4) is 0 Å². The minimum Gasteiger partial charge on any atom is -0.385 e. The van der Waals surface area contributed by atoms with Gasteiger partial charge in [-0.25, -0.2) is 0 Å². The van der Waals surface area contributed by atoms with Crippen LogP contribution in [0.4, 0.5) is 11.4 Å². The Labute approximate surface area is 113 Å². The predicted molar refractivity (Wildman–Crippen MR) is 68.6 cm³/mol. The third kappa shape index (κ3) is 4.28. The molecule has 0 aliphatic heterocycles. The fourth-order valence-corrected chi connectivity index (χ4v) is 1.46. The van der Waals surface area contributed by atoms with E-state index in [1.807, 2.05) is 0 Å². The maximum absolute atomic E-state index is 11.8. The summed E-state index contributed by atoms with van der Waals surface area (Å²) < 4.78 is 4.80. The molecule has 1 rings (SSSR count). The summed E-state index contributed by atoms with van der Waals surface area (Å²) in [4.78, 5) is 31.6. The van der Waals surface area contributed by atoms with E-state index in [9.17, 15) is 25.0 Å². The lowest BCUT2D eigenvalue weighted by molar-refractivity contribution is -0.394. The molecule has 20 heavy (non-hydrogen) atoms. The zero-order chi connectivity index (χ0) is 15.1. The van der Waals surface area contributed by atoms with Crippen LogP contribution in [0.2, 0.25) is 0 Å². The molecule has 0 unspecified atom stereocenters. The van der Waals surface area contributed by atoms with Gasteiger partial charge in [0, 0.05) is 32.4 Å². The molecule has 0 aliphatic rings. The second kappa shape index (κ2) is 7.14. The molecule has 0 radical (unpaired) electrons. The van der Waals surface area contributed by atoms with Gasteiger partial charge >= 0.3 is 0 Å². The quantitative estimate of drug-likeness (QED) is 0.456. The maximum Gasteiger partial charge on any atom is 0.277 e. The molecule has 1 amide bonds. The Morgan fingerprint density at radius 2 is 1.75 bits per heavy atom. The molecule has 0 aliphatic carbocycles. The van der Waals surface area contributed by atoms with Gasteiger partial charge in [0.05, 0.1) is 21.5 Å². The number of methoxy groups -OCH3 is 1. The van der Waals surface area contributed by atoms with Gasteiger partial charge in [-0.3, -0.25) is 25.0 Å².